The third-order valence-corrected chi connectivity index (χ3v) is 4.64. The molecule has 0 radical (unpaired) electrons. The fourth-order valence-electron chi connectivity index (χ4n) is 2.90. The van der Waals surface area contributed by atoms with Crippen molar-refractivity contribution in [2.45, 2.75) is 13.5 Å². The Morgan fingerprint density at radius 3 is 2.50 bits per heavy atom. The number of nitrogens with zero attached hydrogens (tertiary/aromatic N) is 2. The zero-order valence-corrected chi connectivity index (χ0v) is 16.0. The maximum absolute atomic E-state index is 12.7. The van der Waals surface area contributed by atoms with Gasteiger partial charge in [-0.1, -0.05) is 29.8 Å². The molecule has 26 heavy (non-hydrogen) atoms. The van der Waals surface area contributed by atoms with Crippen molar-refractivity contribution in [2.24, 2.45) is 0 Å². The third-order valence-electron chi connectivity index (χ3n) is 4.38. The van der Waals surface area contributed by atoms with Crippen LogP contribution in [0.3, 0.4) is 0 Å². The summed E-state index contributed by atoms with van der Waals surface area (Å²) in [5, 5.41) is 0.669. The number of rotatable bonds is 3. The molecular formula is C19H21Cl2N3O2. The minimum Gasteiger partial charge on any atom is -0.399 e. The summed E-state index contributed by atoms with van der Waals surface area (Å²) >= 11 is 5.89. The van der Waals surface area contributed by atoms with E-state index in [1.54, 1.807) is 21.9 Å². The molecule has 0 spiro atoms. The molecule has 1 aliphatic rings. The van der Waals surface area contributed by atoms with Gasteiger partial charge < -0.3 is 15.5 Å². The first kappa shape index (κ1) is 20.1. The molecule has 2 aromatic carbocycles. The highest BCUT2D eigenvalue weighted by molar-refractivity contribution is 6.30. The van der Waals surface area contributed by atoms with Crippen LogP contribution in [0.25, 0.3) is 0 Å². The normalized spacial score (nSPS) is 14.2. The Kier molecular flexibility index (Phi) is 6.51. The minimum atomic E-state index is -0.149. The van der Waals surface area contributed by atoms with E-state index in [1.807, 2.05) is 37.3 Å². The van der Waals surface area contributed by atoms with Crippen LogP contribution in [0.4, 0.5) is 5.69 Å². The molecule has 0 atom stereocenters. The first-order valence-electron chi connectivity index (χ1n) is 8.11. The number of anilines is 1. The fraction of sp³-hybridized carbons (Fsp3) is 0.263. The number of hydrogen-bond acceptors (Lipinski definition) is 3. The molecule has 2 N–H and O–H groups in total. The lowest BCUT2D eigenvalue weighted by atomic mass is 10.1. The Balaban J connectivity index is 0.00000243. The van der Waals surface area contributed by atoms with E-state index in [0.717, 1.165) is 11.1 Å². The van der Waals surface area contributed by atoms with Crippen molar-refractivity contribution >= 4 is 41.5 Å². The molecule has 5 nitrogen and oxygen atoms in total. The molecule has 1 heterocycles. The molecule has 0 aromatic heterocycles. The average molecular weight is 394 g/mol. The monoisotopic (exact) mass is 393 g/mol. The quantitative estimate of drug-likeness (QED) is 0.814. The van der Waals surface area contributed by atoms with Crippen LogP contribution in [0.2, 0.25) is 5.02 Å². The van der Waals surface area contributed by atoms with Crippen molar-refractivity contribution in [2.75, 3.05) is 25.4 Å². The van der Waals surface area contributed by atoms with Gasteiger partial charge in [-0.15, -0.1) is 12.4 Å². The second-order valence-corrected chi connectivity index (χ2v) is 6.68. The van der Waals surface area contributed by atoms with Gasteiger partial charge in [-0.2, -0.15) is 0 Å². The van der Waals surface area contributed by atoms with E-state index >= 15 is 0 Å². The topological polar surface area (TPSA) is 66.6 Å². The molecule has 2 aromatic rings. The molecule has 0 unspecified atom stereocenters. The first-order valence-corrected chi connectivity index (χ1v) is 8.49. The summed E-state index contributed by atoms with van der Waals surface area (Å²) in [6, 6.07) is 12.7. The molecule has 7 heteroatoms. The Morgan fingerprint density at radius 1 is 1.15 bits per heavy atom. The van der Waals surface area contributed by atoms with Crippen LogP contribution in [-0.2, 0) is 11.3 Å². The van der Waals surface area contributed by atoms with Crippen molar-refractivity contribution in [1.82, 2.24) is 9.80 Å². The predicted molar refractivity (Wildman–Crippen MR) is 106 cm³/mol. The van der Waals surface area contributed by atoms with Crippen LogP contribution in [0, 0.1) is 6.92 Å². The lowest BCUT2D eigenvalue weighted by Crippen LogP contribution is -2.51. The van der Waals surface area contributed by atoms with E-state index in [9.17, 15) is 9.59 Å². The number of nitrogens with two attached hydrogens (primary N) is 1. The molecular weight excluding hydrogens is 373 g/mol. The van der Waals surface area contributed by atoms with Gasteiger partial charge in [-0.25, -0.2) is 0 Å². The van der Waals surface area contributed by atoms with Crippen molar-refractivity contribution in [1.29, 1.82) is 0 Å². The van der Waals surface area contributed by atoms with Crippen molar-refractivity contribution in [3.63, 3.8) is 0 Å². The molecule has 1 fully saturated rings. The van der Waals surface area contributed by atoms with Gasteiger partial charge >= 0.3 is 0 Å². The largest absolute Gasteiger partial charge is 0.399 e. The summed E-state index contributed by atoms with van der Waals surface area (Å²) < 4.78 is 0. The second-order valence-electron chi connectivity index (χ2n) is 6.24. The number of benzene rings is 2. The third kappa shape index (κ3) is 4.48. The van der Waals surface area contributed by atoms with Crippen molar-refractivity contribution < 1.29 is 9.59 Å². The molecule has 0 bridgehead atoms. The summed E-state index contributed by atoms with van der Waals surface area (Å²) in [5.74, 6) is -0.208. The van der Waals surface area contributed by atoms with E-state index < -0.39 is 0 Å². The molecule has 0 saturated carbocycles. The maximum atomic E-state index is 12.7. The van der Waals surface area contributed by atoms with Gasteiger partial charge in [0.05, 0.1) is 0 Å². The predicted octanol–water partition coefficient (Wildman–Crippen LogP) is 3.14. The van der Waals surface area contributed by atoms with Gasteiger partial charge in [0, 0.05) is 35.9 Å². The van der Waals surface area contributed by atoms with Crippen molar-refractivity contribution in [3.8, 4) is 0 Å². The highest BCUT2D eigenvalue weighted by atomic mass is 35.5. The SMILES string of the molecule is Cc1ccc(N)cc1C(=O)N1CCN(Cc2ccc(Cl)cc2)C(=O)C1.Cl. The number of amides is 2. The Morgan fingerprint density at radius 2 is 1.85 bits per heavy atom. The first-order chi connectivity index (χ1) is 11.9. The second kappa shape index (κ2) is 8.43. The number of aryl methyl sites for hydroxylation is 1. The van der Waals surface area contributed by atoms with E-state index in [1.165, 1.54) is 0 Å². The van der Waals surface area contributed by atoms with Gasteiger partial charge in [-0.05, 0) is 42.3 Å². The molecule has 138 valence electrons. The van der Waals surface area contributed by atoms with E-state index in [2.05, 4.69) is 0 Å². The summed E-state index contributed by atoms with van der Waals surface area (Å²) in [6.07, 6.45) is 0. The smallest absolute Gasteiger partial charge is 0.254 e. The van der Waals surface area contributed by atoms with Crippen LogP contribution >= 0.6 is 24.0 Å². The van der Waals surface area contributed by atoms with Crippen LogP contribution in [0.1, 0.15) is 21.5 Å². The lowest BCUT2D eigenvalue weighted by Gasteiger charge is -2.34. The number of nitrogen functional groups attached to an aromatic ring is 1. The zero-order chi connectivity index (χ0) is 18.0. The molecule has 0 aliphatic carbocycles. The van der Waals surface area contributed by atoms with Crippen LogP contribution in [0.15, 0.2) is 42.5 Å². The summed E-state index contributed by atoms with van der Waals surface area (Å²) in [6.45, 7) is 3.49. The summed E-state index contributed by atoms with van der Waals surface area (Å²) in [5.41, 5.74) is 8.76. The zero-order valence-electron chi connectivity index (χ0n) is 14.4. The molecule has 3 rings (SSSR count). The van der Waals surface area contributed by atoms with Gasteiger partial charge in [0.2, 0.25) is 5.91 Å². The highest BCUT2D eigenvalue weighted by Gasteiger charge is 2.28. The van der Waals surface area contributed by atoms with Crippen LogP contribution < -0.4 is 5.73 Å². The van der Waals surface area contributed by atoms with E-state index in [0.29, 0.717) is 35.9 Å². The number of hydrogen-bond donors (Lipinski definition) is 1. The Bertz CT molecular complexity index is 809. The standard InChI is InChI=1S/C19H20ClN3O2.ClH/c1-13-2-7-16(21)10-17(13)19(25)23-9-8-22(18(24)12-23)11-14-3-5-15(20)6-4-14;/h2-7,10H,8-9,11-12,21H2,1H3;1H. The van der Waals surface area contributed by atoms with Gasteiger partial charge in [-0.3, -0.25) is 9.59 Å². The lowest BCUT2D eigenvalue weighted by molar-refractivity contribution is -0.135. The van der Waals surface area contributed by atoms with Crippen LogP contribution in [0.5, 0.6) is 0 Å². The van der Waals surface area contributed by atoms with E-state index in [-0.39, 0.29) is 30.8 Å². The Labute approximate surface area is 164 Å². The Hall–Kier alpha value is -2.24. The number of carbonyl (C=O) groups excluding carboxylic acids is 2. The molecule has 1 aliphatic heterocycles. The fourth-order valence-corrected chi connectivity index (χ4v) is 3.03. The maximum Gasteiger partial charge on any atom is 0.254 e. The minimum absolute atomic E-state index is 0. The van der Waals surface area contributed by atoms with Gasteiger partial charge in [0.1, 0.15) is 6.54 Å². The number of halogens is 2. The van der Waals surface area contributed by atoms with E-state index in [4.69, 9.17) is 17.3 Å². The summed E-state index contributed by atoms with van der Waals surface area (Å²) in [7, 11) is 0. The number of piperazine rings is 1. The molecule has 2 amide bonds. The molecule has 1 saturated heterocycles. The van der Waals surface area contributed by atoms with Crippen molar-refractivity contribution in [3.05, 3.63) is 64.2 Å². The van der Waals surface area contributed by atoms with Gasteiger partial charge in [0.15, 0.2) is 0 Å². The van der Waals surface area contributed by atoms with Gasteiger partial charge in [0.25, 0.3) is 5.91 Å². The summed E-state index contributed by atoms with van der Waals surface area (Å²) in [4.78, 5) is 28.5. The number of carbonyl (C=O) groups is 2. The van der Waals surface area contributed by atoms with Crippen LogP contribution in [-0.4, -0.2) is 41.2 Å². The highest BCUT2D eigenvalue weighted by Crippen LogP contribution is 2.18. The average Bonchev–Trinajstić information content (AvgIpc) is 2.60.